The van der Waals surface area contributed by atoms with Crippen molar-refractivity contribution < 1.29 is 14.3 Å². The first-order valence-electron chi connectivity index (χ1n) is 10.6. The molecule has 0 saturated heterocycles. The average molecular weight is 398 g/mol. The number of aromatic nitrogens is 2. The van der Waals surface area contributed by atoms with Crippen LogP contribution in [-0.4, -0.2) is 35.7 Å². The molecule has 156 valence electrons. The van der Waals surface area contributed by atoms with Crippen LogP contribution < -0.4 is 14.8 Å². The summed E-state index contributed by atoms with van der Waals surface area (Å²) in [6, 6.07) is 6.40. The summed E-state index contributed by atoms with van der Waals surface area (Å²) in [5.41, 5.74) is 1.24. The van der Waals surface area contributed by atoms with Gasteiger partial charge >= 0.3 is 0 Å². The molecular formula is C23H31N3O3. The van der Waals surface area contributed by atoms with E-state index in [9.17, 15) is 4.79 Å². The molecule has 4 atom stereocenters. The molecule has 2 aromatic rings. The van der Waals surface area contributed by atoms with E-state index in [4.69, 9.17) is 9.47 Å². The minimum Gasteiger partial charge on any atom is -0.493 e. The fourth-order valence-corrected chi connectivity index (χ4v) is 5.30. The SMILES string of the molecule is COc1ccc([C@H]2[C@@H]3CCCC[C@H]3[C@@H]2NC(=O)CCn2ccnc2C)cc1OC. The van der Waals surface area contributed by atoms with Crippen molar-refractivity contribution in [2.75, 3.05) is 14.2 Å². The summed E-state index contributed by atoms with van der Waals surface area (Å²) in [7, 11) is 3.33. The Bertz CT molecular complexity index is 863. The van der Waals surface area contributed by atoms with Gasteiger partial charge in [-0.1, -0.05) is 18.9 Å². The number of methoxy groups -OCH3 is 2. The van der Waals surface area contributed by atoms with E-state index >= 15 is 0 Å². The van der Waals surface area contributed by atoms with Crippen molar-refractivity contribution in [2.24, 2.45) is 11.8 Å². The predicted molar refractivity (Wildman–Crippen MR) is 111 cm³/mol. The van der Waals surface area contributed by atoms with Gasteiger partial charge in [0.1, 0.15) is 5.82 Å². The molecule has 6 heteroatoms. The van der Waals surface area contributed by atoms with Crippen LogP contribution >= 0.6 is 0 Å². The summed E-state index contributed by atoms with van der Waals surface area (Å²) in [4.78, 5) is 17.0. The van der Waals surface area contributed by atoms with Crippen LogP contribution in [0.15, 0.2) is 30.6 Å². The van der Waals surface area contributed by atoms with Crippen LogP contribution in [0.3, 0.4) is 0 Å². The third-order valence-electron chi connectivity index (χ3n) is 6.81. The van der Waals surface area contributed by atoms with Gasteiger partial charge < -0.3 is 19.4 Å². The number of ether oxygens (including phenoxy) is 2. The molecule has 0 radical (unpaired) electrons. The highest BCUT2D eigenvalue weighted by Gasteiger charge is 2.51. The van der Waals surface area contributed by atoms with Gasteiger partial charge in [0.25, 0.3) is 0 Å². The Morgan fingerprint density at radius 1 is 1.17 bits per heavy atom. The molecule has 29 heavy (non-hydrogen) atoms. The number of rotatable bonds is 7. The first kappa shape index (κ1) is 19.8. The summed E-state index contributed by atoms with van der Waals surface area (Å²) < 4.78 is 12.9. The summed E-state index contributed by atoms with van der Waals surface area (Å²) in [6.45, 7) is 2.63. The maximum absolute atomic E-state index is 12.7. The number of imidazole rings is 1. The largest absolute Gasteiger partial charge is 0.493 e. The van der Waals surface area contributed by atoms with Crippen molar-refractivity contribution >= 4 is 5.91 Å². The topological polar surface area (TPSA) is 65.4 Å². The molecule has 6 nitrogen and oxygen atoms in total. The minimum absolute atomic E-state index is 0.123. The third-order valence-corrected chi connectivity index (χ3v) is 6.81. The lowest BCUT2D eigenvalue weighted by Gasteiger charge is -2.55. The van der Waals surface area contributed by atoms with E-state index in [0.717, 1.165) is 17.3 Å². The van der Waals surface area contributed by atoms with Crippen molar-refractivity contribution in [2.45, 2.75) is 57.5 Å². The lowest BCUT2D eigenvalue weighted by molar-refractivity contribution is -0.125. The van der Waals surface area contributed by atoms with Gasteiger partial charge in [-0.25, -0.2) is 4.98 Å². The van der Waals surface area contributed by atoms with Crippen LogP contribution in [0.25, 0.3) is 0 Å². The Kier molecular flexibility index (Phi) is 5.79. The van der Waals surface area contributed by atoms with Crippen molar-refractivity contribution in [3.63, 3.8) is 0 Å². The van der Waals surface area contributed by atoms with Crippen LogP contribution in [0.2, 0.25) is 0 Å². The Hall–Kier alpha value is -2.50. The van der Waals surface area contributed by atoms with E-state index in [1.807, 2.05) is 23.8 Å². The fourth-order valence-electron chi connectivity index (χ4n) is 5.30. The number of hydrogen-bond donors (Lipinski definition) is 1. The Balaban J connectivity index is 1.48. The summed E-state index contributed by atoms with van der Waals surface area (Å²) in [6.07, 6.45) is 9.18. The molecule has 0 spiro atoms. The number of nitrogens with one attached hydrogen (secondary N) is 1. The quantitative estimate of drug-likeness (QED) is 0.774. The van der Waals surface area contributed by atoms with Crippen LogP contribution in [0.5, 0.6) is 11.5 Å². The summed E-state index contributed by atoms with van der Waals surface area (Å²) >= 11 is 0. The molecule has 0 aliphatic heterocycles. The van der Waals surface area contributed by atoms with Crippen LogP contribution in [0.1, 0.15) is 49.4 Å². The monoisotopic (exact) mass is 397 g/mol. The van der Waals surface area contributed by atoms with Crippen molar-refractivity contribution in [3.8, 4) is 11.5 Å². The molecule has 2 fully saturated rings. The molecule has 1 N–H and O–H groups in total. The molecule has 2 aliphatic carbocycles. The molecular weight excluding hydrogens is 366 g/mol. The van der Waals surface area contributed by atoms with Gasteiger partial charge in [-0.3, -0.25) is 4.79 Å². The maximum Gasteiger partial charge on any atom is 0.222 e. The normalized spacial score (nSPS) is 25.6. The second kappa shape index (κ2) is 8.47. The van der Waals surface area contributed by atoms with E-state index in [0.29, 0.717) is 30.7 Å². The van der Waals surface area contributed by atoms with Gasteiger partial charge in [0.15, 0.2) is 11.5 Å². The predicted octanol–water partition coefficient (Wildman–Crippen LogP) is 3.69. The van der Waals surface area contributed by atoms with E-state index in [2.05, 4.69) is 22.4 Å². The number of fused-ring (bicyclic) bond motifs is 1. The Morgan fingerprint density at radius 3 is 2.62 bits per heavy atom. The molecule has 1 amide bonds. The number of nitrogens with zero attached hydrogens (tertiary/aromatic N) is 2. The molecule has 1 heterocycles. The second-order valence-corrected chi connectivity index (χ2v) is 8.26. The van der Waals surface area contributed by atoms with E-state index in [-0.39, 0.29) is 11.9 Å². The van der Waals surface area contributed by atoms with Crippen LogP contribution in [0.4, 0.5) is 0 Å². The highest BCUT2D eigenvalue weighted by Crippen LogP contribution is 2.55. The summed E-state index contributed by atoms with van der Waals surface area (Å²) in [5.74, 6) is 4.13. The van der Waals surface area contributed by atoms with Crippen LogP contribution in [-0.2, 0) is 11.3 Å². The van der Waals surface area contributed by atoms with Gasteiger partial charge in [0, 0.05) is 37.3 Å². The fraction of sp³-hybridized carbons (Fsp3) is 0.565. The van der Waals surface area contributed by atoms with Gasteiger partial charge in [-0.15, -0.1) is 0 Å². The highest BCUT2D eigenvalue weighted by atomic mass is 16.5. The lowest BCUT2D eigenvalue weighted by Crippen LogP contribution is -2.59. The maximum atomic E-state index is 12.7. The molecule has 0 bridgehead atoms. The first-order chi connectivity index (χ1) is 14.1. The van der Waals surface area contributed by atoms with E-state index in [1.54, 1.807) is 20.4 Å². The van der Waals surface area contributed by atoms with Crippen molar-refractivity contribution in [3.05, 3.63) is 42.0 Å². The standard InChI is InChI=1S/C23H31N3O3/c1-15-24-11-13-26(15)12-10-21(27)25-23-18-7-5-4-6-17(18)22(23)16-8-9-19(28-2)20(14-16)29-3/h8-9,11,13-14,17-18,22-23H,4-7,10,12H2,1-3H3,(H,25,27)/t17-,18-,22+,23+/m1/s1. The molecule has 4 rings (SSSR count). The summed E-state index contributed by atoms with van der Waals surface area (Å²) in [5, 5.41) is 3.37. The number of benzene rings is 1. The Morgan fingerprint density at radius 2 is 1.93 bits per heavy atom. The molecule has 1 aromatic carbocycles. The minimum atomic E-state index is 0.123. The number of hydrogen-bond acceptors (Lipinski definition) is 4. The van der Waals surface area contributed by atoms with Crippen molar-refractivity contribution in [1.29, 1.82) is 0 Å². The number of amides is 1. The Labute approximate surface area is 172 Å². The van der Waals surface area contributed by atoms with E-state index in [1.165, 1.54) is 31.2 Å². The van der Waals surface area contributed by atoms with Crippen molar-refractivity contribution in [1.82, 2.24) is 14.9 Å². The van der Waals surface area contributed by atoms with Crippen LogP contribution in [0, 0.1) is 18.8 Å². The van der Waals surface area contributed by atoms with Gasteiger partial charge in [-0.05, 0) is 49.3 Å². The second-order valence-electron chi connectivity index (χ2n) is 8.26. The number of aryl methyl sites for hydroxylation is 2. The smallest absolute Gasteiger partial charge is 0.222 e. The molecule has 1 aromatic heterocycles. The molecule has 0 unspecified atom stereocenters. The first-order valence-corrected chi connectivity index (χ1v) is 10.6. The zero-order valence-corrected chi connectivity index (χ0v) is 17.6. The van der Waals surface area contributed by atoms with Gasteiger partial charge in [0.2, 0.25) is 5.91 Å². The molecule has 2 saturated carbocycles. The number of carbonyl (C=O) groups is 1. The highest BCUT2D eigenvalue weighted by molar-refractivity contribution is 5.76. The van der Waals surface area contributed by atoms with E-state index < -0.39 is 0 Å². The van der Waals surface area contributed by atoms with Gasteiger partial charge in [-0.2, -0.15) is 0 Å². The molecule has 2 aliphatic rings. The number of carbonyl (C=O) groups excluding carboxylic acids is 1. The zero-order chi connectivity index (χ0) is 20.4. The average Bonchev–Trinajstić information content (AvgIpc) is 3.15. The zero-order valence-electron chi connectivity index (χ0n) is 17.6. The third kappa shape index (κ3) is 3.85. The van der Waals surface area contributed by atoms with Gasteiger partial charge in [0.05, 0.1) is 14.2 Å². The lowest BCUT2D eigenvalue weighted by atomic mass is 9.53.